The minimum atomic E-state index is -0.858. The standard InChI is InChI=1S/C16H17F2N3OS.ClH/c1-9(11-6-19-7-11)15(22)21-16-20-8-12(23-16)4-10-2-3-13(17)14(18)5-10;/h2-3,5,8-9,11,19H,4,6-7H2,1H3,(H,20,21,22);1H. The van der Waals surface area contributed by atoms with Crippen molar-refractivity contribution in [3.8, 4) is 0 Å². The van der Waals surface area contributed by atoms with E-state index >= 15 is 0 Å². The summed E-state index contributed by atoms with van der Waals surface area (Å²) in [4.78, 5) is 17.2. The highest BCUT2D eigenvalue weighted by Crippen LogP contribution is 2.24. The lowest BCUT2D eigenvalue weighted by molar-refractivity contribution is -0.121. The molecule has 4 nitrogen and oxygen atoms in total. The minimum absolute atomic E-state index is 0. The number of amides is 1. The molecule has 2 aromatic rings. The lowest BCUT2D eigenvalue weighted by Gasteiger charge is -2.31. The van der Waals surface area contributed by atoms with Gasteiger partial charge in [0.15, 0.2) is 16.8 Å². The van der Waals surface area contributed by atoms with Gasteiger partial charge in [-0.3, -0.25) is 4.79 Å². The Labute approximate surface area is 149 Å². The van der Waals surface area contributed by atoms with Crippen molar-refractivity contribution in [3.63, 3.8) is 0 Å². The average molecular weight is 374 g/mol. The number of anilines is 1. The summed E-state index contributed by atoms with van der Waals surface area (Å²) in [6, 6.07) is 3.84. The van der Waals surface area contributed by atoms with Crippen molar-refractivity contribution < 1.29 is 13.6 Å². The van der Waals surface area contributed by atoms with Gasteiger partial charge in [0.05, 0.1) is 0 Å². The van der Waals surface area contributed by atoms with Gasteiger partial charge >= 0.3 is 0 Å². The highest BCUT2D eigenvalue weighted by molar-refractivity contribution is 7.15. The van der Waals surface area contributed by atoms with Crippen molar-refractivity contribution >= 4 is 34.8 Å². The SMILES string of the molecule is CC(C(=O)Nc1ncc(Cc2ccc(F)c(F)c2)s1)C1CNC1.Cl. The molecule has 1 aliphatic rings. The molecule has 2 heterocycles. The van der Waals surface area contributed by atoms with Gasteiger partial charge in [0.1, 0.15) is 0 Å². The Morgan fingerprint density at radius 1 is 1.42 bits per heavy atom. The predicted octanol–water partition coefficient (Wildman–Crippen LogP) is 3.23. The molecular formula is C16H18ClF2N3OS. The fourth-order valence-electron chi connectivity index (χ4n) is 2.40. The fraction of sp³-hybridized carbons (Fsp3) is 0.375. The summed E-state index contributed by atoms with van der Waals surface area (Å²) in [5.41, 5.74) is 0.666. The largest absolute Gasteiger partial charge is 0.316 e. The van der Waals surface area contributed by atoms with Crippen LogP contribution in [0.15, 0.2) is 24.4 Å². The Hall–Kier alpha value is -1.57. The molecule has 130 valence electrons. The molecular weight excluding hydrogens is 356 g/mol. The number of hydrogen-bond donors (Lipinski definition) is 2. The van der Waals surface area contributed by atoms with Crippen molar-refractivity contribution in [1.29, 1.82) is 0 Å². The molecule has 3 rings (SSSR count). The van der Waals surface area contributed by atoms with Crippen LogP contribution in [-0.2, 0) is 11.2 Å². The van der Waals surface area contributed by atoms with E-state index in [9.17, 15) is 13.6 Å². The summed E-state index contributed by atoms with van der Waals surface area (Å²) in [7, 11) is 0. The third-order valence-electron chi connectivity index (χ3n) is 4.08. The van der Waals surface area contributed by atoms with Crippen LogP contribution in [0, 0.1) is 23.5 Å². The summed E-state index contributed by atoms with van der Waals surface area (Å²) in [6.45, 7) is 3.65. The van der Waals surface area contributed by atoms with E-state index in [1.807, 2.05) is 6.92 Å². The molecule has 1 fully saturated rings. The van der Waals surface area contributed by atoms with Crippen molar-refractivity contribution in [2.24, 2.45) is 11.8 Å². The molecule has 0 radical (unpaired) electrons. The van der Waals surface area contributed by atoms with Crippen molar-refractivity contribution in [2.75, 3.05) is 18.4 Å². The van der Waals surface area contributed by atoms with E-state index in [-0.39, 0.29) is 24.2 Å². The van der Waals surface area contributed by atoms with Crippen LogP contribution in [0.4, 0.5) is 13.9 Å². The Balaban J connectivity index is 0.00000208. The first-order valence-corrected chi connectivity index (χ1v) is 8.25. The Bertz CT molecular complexity index is 721. The molecule has 1 amide bonds. The maximum Gasteiger partial charge on any atom is 0.229 e. The summed E-state index contributed by atoms with van der Waals surface area (Å²) in [5, 5.41) is 6.51. The number of carbonyl (C=O) groups is 1. The molecule has 8 heteroatoms. The number of halogens is 3. The van der Waals surface area contributed by atoms with Crippen molar-refractivity contribution in [3.05, 3.63) is 46.5 Å². The molecule has 0 saturated carbocycles. The lowest BCUT2D eigenvalue weighted by atomic mass is 9.88. The van der Waals surface area contributed by atoms with Gasteiger partial charge in [-0.05, 0) is 36.7 Å². The molecule has 1 unspecified atom stereocenters. The first-order valence-electron chi connectivity index (χ1n) is 7.43. The van der Waals surface area contributed by atoms with Gasteiger partial charge in [-0.2, -0.15) is 0 Å². The Morgan fingerprint density at radius 2 is 2.17 bits per heavy atom. The van der Waals surface area contributed by atoms with Gasteiger partial charge < -0.3 is 10.6 Å². The van der Waals surface area contributed by atoms with E-state index in [1.165, 1.54) is 17.4 Å². The van der Waals surface area contributed by atoms with Crippen LogP contribution in [0.25, 0.3) is 0 Å². The van der Waals surface area contributed by atoms with Gasteiger partial charge in [0.25, 0.3) is 0 Å². The minimum Gasteiger partial charge on any atom is -0.316 e. The third-order valence-corrected chi connectivity index (χ3v) is 4.99. The molecule has 2 N–H and O–H groups in total. The smallest absolute Gasteiger partial charge is 0.229 e. The van der Waals surface area contributed by atoms with Gasteiger partial charge in [-0.25, -0.2) is 13.8 Å². The van der Waals surface area contributed by atoms with Crippen LogP contribution in [0.3, 0.4) is 0 Å². The molecule has 24 heavy (non-hydrogen) atoms. The summed E-state index contributed by atoms with van der Waals surface area (Å²) >= 11 is 1.35. The molecule has 1 atom stereocenters. The van der Waals surface area contributed by atoms with Crippen molar-refractivity contribution in [1.82, 2.24) is 10.3 Å². The molecule has 0 spiro atoms. The Kier molecular flexibility index (Phi) is 6.26. The van der Waals surface area contributed by atoms with Crippen LogP contribution in [0.5, 0.6) is 0 Å². The highest BCUT2D eigenvalue weighted by Gasteiger charge is 2.29. The Morgan fingerprint density at radius 3 is 2.79 bits per heavy atom. The number of nitrogens with zero attached hydrogens (tertiary/aromatic N) is 1. The van der Waals surface area contributed by atoms with E-state index in [0.717, 1.165) is 24.0 Å². The number of nitrogens with one attached hydrogen (secondary N) is 2. The second-order valence-electron chi connectivity index (χ2n) is 5.75. The number of aromatic nitrogens is 1. The van der Waals surface area contributed by atoms with E-state index in [4.69, 9.17) is 0 Å². The number of rotatable bonds is 5. The van der Waals surface area contributed by atoms with E-state index in [0.29, 0.717) is 23.0 Å². The van der Waals surface area contributed by atoms with Crippen LogP contribution in [0.1, 0.15) is 17.4 Å². The van der Waals surface area contributed by atoms with Crippen LogP contribution in [0.2, 0.25) is 0 Å². The molecule has 1 aliphatic heterocycles. The molecule has 1 aromatic heterocycles. The van der Waals surface area contributed by atoms with Crippen LogP contribution < -0.4 is 10.6 Å². The number of benzene rings is 1. The van der Waals surface area contributed by atoms with Gasteiger partial charge in [-0.15, -0.1) is 23.7 Å². The van der Waals surface area contributed by atoms with E-state index in [2.05, 4.69) is 15.6 Å². The summed E-state index contributed by atoms with van der Waals surface area (Å²) < 4.78 is 26.1. The monoisotopic (exact) mass is 373 g/mol. The van der Waals surface area contributed by atoms with Crippen LogP contribution >= 0.6 is 23.7 Å². The molecule has 0 aliphatic carbocycles. The zero-order valence-corrected chi connectivity index (χ0v) is 14.6. The fourth-order valence-corrected chi connectivity index (χ4v) is 3.25. The van der Waals surface area contributed by atoms with E-state index < -0.39 is 11.6 Å². The topological polar surface area (TPSA) is 54.0 Å². The second-order valence-corrected chi connectivity index (χ2v) is 6.87. The molecule has 1 saturated heterocycles. The van der Waals surface area contributed by atoms with Gasteiger partial charge in [-0.1, -0.05) is 13.0 Å². The highest BCUT2D eigenvalue weighted by atomic mass is 35.5. The molecule has 0 bridgehead atoms. The number of carbonyl (C=O) groups excluding carboxylic acids is 1. The second kappa shape index (κ2) is 8.00. The van der Waals surface area contributed by atoms with Crippen molar-refractivity contribution in [2.45, 2.75) is 13.3 Å². The maximum absolute atomic E-state index is 13.2. The normalized spacial score (nSPS) is 15.3. The lowest BCUT2D eigenvalue weighted by Crippen LogP contribution is -2.48. The number of hydrogen-bond acceptors (Lipinski definition) is 4. The predicted molar refractivity (Wildman–Crippen MR) is 92.7 cm³/mol. The third kappa shape index (κ3) is 4.28. The quantitative estimate of drug-likeness (QED) is 0.846. The summed E-state index contributed by atoms with van der Waals surface area (Å²) in [6.07, 6.45) is 2.10. The van der Waals surface area contributed by atoms with Gasteiger partial charge in [0, 0.05) is 23.4 Å². The number of thiazole rings is 1. The zero-order chi connectivity index (χ0) is 16.4. The van der Waals surface area contributed by atoms with Crippen LogP contribution in [-0.4, -0.2) is 24.0 Å². The first-order chi connectivity index (χ1) is 11.0. The summed E-state index contributed by atoms with van der Waals surface area (Å²) in [5.74, 6) is -1.44. The zero-order valence-electron chi connectivity index (χ0n) is 13.0. The maximum atomic E-state index is 13.2. The first kappa shape index (κ1) is 18.8. The average Bonchev–Trinajstić information content (AvgIpc) is 2.88. The molecule has 1 aromatic carbocycles. The van der Waals surface area contributed by atoms with E-state index in [1.54, 1.807) is 12.3 Å². The van der Waals surface area contributed by atoms with Gasteiger partial charge in [0.2, 0.25) is 5.91 Å².